The van der Waals surface area contributed by atoms with Crippen LogP contribution in [0.2, 0.25) is 0 Å². The maximum absolute atomic E-state index is 13.2. The number of epoxide rings is 2. The fraction of sp³-hybridized carbons (Fsp3) is 0.630. The second-order valence-electron chi connectivity index (χ2n) is 10.6. The largest absolute Gasteiger partial charge is 0.459 e. The fourth-order valence-electron chi connectivity index (χ4n) is 6.58. The van der Waals surface area contributed by atoms with E-state index < -0.39 is 65.9 Å². The average Bonchev–Trinajstić information content (AvgIpc) is 3.74. The van der Waals surface area contributed by atoms with Gasteiger partial charge >= 0.3 is 23.9 Å². The average molecular weight is 533 g/mol. The van der Waals surface area contributed by atoms with Gasteiger partial charge in [0.2, 0.25) is 0 Å². The molecule has 9 atom stereocenters. The number of allylic oxidation sites excluding steroid dienone is 2. The van der Waals surface area contributed by atoms with Crippen LogP contribution in [0.5, 0.6) is 0 Å². The number of hydrogen-bond donors (Lipinski definition) is 1. The minimum Gasteiger partial charge on any atom is -0.459 e. The van der Waals surface area contributed by atoms with E-state index in [9.17, 15) is 24.3 Å². The van der Waals surface area contributed by atoms with Gasteiger partial charge in [-0.1, -0.05) is 18.7 Å². The molecule has 5 aliphatic rings. The van der Waals surface area contributed by atoms with Crippen molar-refractivity contribution in [2.24, 2.45) is 17.8 Å². The van der Waals surface area contributed by atoms with Crippen LogP contribution in [0.1, 0.15) is 34.1 Å². The highest BCUT2D eigenvalue weighted by molar-refractivity contribution is 5.93. The van der Waals surface area contributed by atoms with Crippen molar-refractivity contribution >= 4 is 23.9 Å². The van der Waals surface area contributed by atoms with Crippen LogP contribution in [0.25, 0.3) is 0 Å². The van der Waals surface area contributed by atoms with Gasteiger partial charge in [0, 0.05) is 30.8 Å². The van der Waals surface area contributed by atoms with Crippen LogP contribution in [0.4, 0.5) is 0 Å². The lowest BCUT2D eigenvalue weighted by molar-refractivity contribution is -0.159. The summed E-state index contributed by atoms with van der Waals surface area (Å²) in [6.45, 7) is 9.89. The molecule has 0 aromatic heterocycles. The first kappa shape index (κ1) is 26.6. The van der Waals surface area contributed by atoms with Gasteiger partial charge in [-0.05, 0) is 20.8 Å². The van der Waals surface area contributed by atoms with Gasteiger partial charge in [0.25, 0.3) is 0 Å². The maximum Gasteiger partial charge on any atom is 0.337 e. The van der Waals surface area contributed by atoms with E-state index in [1.165, 1.54) is 19.1 Å². The second-order valence-corrected chi connectivity index (χ2v) is 10.6. The van der Waals surface area contributed by atoms with E-state index in [1.807, 2.05) is 6.92 Å². The minimum absolute atomic E-state index is 0.0640. The molecule has 3 heterocycles. The van der Waals surface area contributed by atoms with E-state index in [4.69, 9.17) is 28.4 Å². The van der Waals surface area contributed by atoms with E-state index in [2.05, 4.69) is 6.58 Å². The Morgan fingerprint density at radius 1 is 1.13 bits per heavy atom. The molecule has 0 radical (unpaired) electrons. The predicted molar refractivity (Wildman–Crippen MR) is 127 cm³/mol. The highest BCUT2D eigenvalue weighted by Gasteiger charge is 2.82. The SMILES string of the molecule is C=C1C(=O)OC2C1C(OC(=O)C(=CC)COC(=O)C(=CC)CO)CC1(CO1)C1C(OC(C)=O)C3OC3(C)C21. The topological polar surface area (TPSA) is 150 Å². The summed E-state index contributed by atoms with van der Waals surface area (Å²) in [6.07, 6.45) is 0.639. The molecule has 1 spiro atoms. The van der Waals surface area contributed by atoms with Crippen molar-refractivity contribution in [3.8, 4) is 0 Å². The molecule has 3 saturated heterocycles. The third-order valence-electron chi connectivity index (χ3n) is 8.59. The number of ether oxygens (including phenoxy) is 6. The molecule has 38 heavy (non-hydrogen) atoms. The van der Waals surface area contributed by atoms with Crippen LogP contribution in [0.15, 0.2) is 35.5 Å². The molecule has 0 bridgehead atoms. The molecular weight excluding hydrogens is 500 g/mol. The normalized spacial score (nSPS) is 40.9. The first-order valence-corrected chi connectivity index (χ1v) is 12.7. The Hall–Kier alpha value is -3.02. The van der Waals surface area contributed by atoms with Crippen LogP contribution in [0.3, 0.4) is 0 Å². The van der Waals surface area contributed by atoms with Crippen molar-refractivity contribution in [1.82, 2.24) is 0 Å². The van der Waals surface area contributed by atoms with Crippen molar-refractivity contribution < 1.29 is 52.7 Å². The molecule has 0 aromatic carbocycles. The zero-order valence-corrected chi connectivity index (χ0v) is 21.8. The smallest absolute Gasteiger partial charge is 0.337 e. The Labute approximate surface area is 219 Å². The highest BCUT2D eigenvalue weighted by Crippen LogP contribution is 2.68. The minimum atomic E-state index is -0.840. The molecule has 0 amide bonds. The lowest BCUT2D eigenvalue weighted by Gasteiger charge is -2.34. The Morgan fingerprint density at radius 2 is 1.82 bits per heavy atom. The predicted octanol–water partition coefficient (Wildman–Crippen LogP) is 0.932. The zero-order valence-electron chi connectivity index (χ0n) is 21.8. The summed E-state index contributed by atoms with van der Waals surface area (Å²) >= 11 is 0. The van der Waals surface area contributed by atoms with Gasteiger partial charge < -0.3 is 33.5 Å². The van der Waals surface area contributed by atoms with Crippen molar-refractivity contribution in [1.29, 1.82) is 0 Å². The van der Waals surface area contributed by atoms with Gasteiger partial charge in [0.1, 0.15) is 42.2 Å². The van der Waals surface area contributed by atoms with Crippen molar-refractivity contribution in [3.05, 3.63) is 35.5 Å². The van der Waals surface area contributed by atoms with Crippen LogP contribution >= 0.6 is 0 Å². The summed E-state index contributed by atoms with van der Waals surface area (Å²) < 4.78 is 34.6. The Balaban J connectivity index is 1.41. The first-order chi connectivity index (χ1) is 18.0. The lowest BCUT2D eigenvalue weighted by Crippen LogP contribution is -2.45. The van der Waals surface area contributed by atoms with Crippen molar-refractivity contribution in [2.75, 3.05) is 19.8 Å². The number of esters is 4. The molecule has 1 N–H and O–H groups in total. The summed E-state index contributed by atoms with van der Waals surface area (Å²) in [6, 6.07) is 0. The van der Waals surface area contributed by atoms with Crippen LogP contribution in [0, 0.1) is 17.8 Å². The standard InChI is InChI=1S/C27H32O11/c1-6-14(9-28)24(31)33-10-15(7-2)25(32)36-16-8-27(11-34-27)19-18(20-17(16)12(3)23(30)37-20)26(5)22(38-26)21(19)35-13(4)29/h6-7,16-22,28H,3,8-11H2,1-2,4-5H3. The van der Waals surface area contributed by atoms with E-state index in [0.717, 1.165) is 0 Å². The van der Waals surface area contributed by atoms with Gasteiger partial charge in [0.05, 0.1) is 30.3 Å². The molecule has 3 aliphatic heterocycles. The number of rotatable bonds is 7. The quantitative estimate of drug-likeness (QED) is 0.216. The van der Waals surface area contributed by atoms with Gasteiger partial charge in [-0.15, -0.1) is 0 Å². The Bertz CT molecular complexity index is 1150. The summed E-state index contributed by atoms with van der Waals surface area (Å²) in [5.41, 5.74) is -1.11. The number of aliphatic hydroxyl groups is 1. The van der Waals surface area contributed by atoms with Crippen molar-refractivity contribution in [2.45, 2.75) is 69.7 Å². The van der Waals surface area contributed by atoms with Gasteiger partial charge in [-0.2, -0.15) is 0 Å². The van der Waals surface area contributed by atoms with E-state index in [1.54, 1.807) is 13.8 Å². The molecule has 5 rings (SSSR count). The van der Waals surface area contributed by atoms with Crippen LogP contribution in [-0.2, 0) is 47.6 Å². The molecular formula is C27H32O11. The monoisotopic (exact) mass is 532 g/mol. The third-order valence-corrected chi connectivity index (χ3v) is 8.59. The molecule has 0 aromatic rings. The molecule has 5 fully saturated rings. The van der Waals surface area contributed by atoms with Crippen LogP contribution < -0.4 is 0 Å². The number of aliphatic hydroxyl groups excluding tert-OH is 1. The lowest BCUT2D eigenvalue weighted by atomic mass is 9.76. The van der Waals surface area contributed by atoms with Gasteiger partial charge in [-0.3, -0.25) is 4.79 Å². The van der Waals surface area contributed by atoms with E-state index in [-0.39, 0.29) is 47.7 Å². The van der Waals surface area contributed by atoms with E-state index >= 15 is 0 Å². The number of fused-ring (bicyclic) bond motifs is 6. The fourth-order valence-corrected chi connectivity index (χ4v) is 6.58. The van der Waals surface area contributed by atoms with Crippen LogP contribution in [-0.4, -0.2) is 84.4 Å². The molecule has 2 saturated carbocycles. The maximum atomic E-state index is 13.2. The Morgan fingerprint density at radius 3 is 2.39 bits per heavy atom. The summed E-state index contributed by atoms with van der Waals surface area (Å²) in [5.74, 6) is -3.86. The highest BCUT2D eigenvalue weighted by atomic mass is 16.7. The van der Waals surface area contributed by atoms with E-state index in [0.29, 0.717) is 6.61 Å². The molecule has 11 nitrogen and oxygen atoms in total. The molecule has 2 aliphatic carbocycles. The summed E-state index contributed by atoms with van der Waals surface area (Å²) in [4.78, 5) is 50.0. The van der Waals surface area contributed by atoms with Gasteiger partial charge in [-0.25, -0.2) is 14.4 Å². The second kappa shape index (κ2) is 9.32. The summed E-state index contributed by atoms with van der Waals surface area (Å²) in [5, 5.41) is 9.26. The summed E-state index contributed by atoms with van der Waals surface area (Å²) in [7, 11) is 0. The Kier molecular flexibility index (Phi) is 6.52. The first-order valence-electron chi connectivity index (χ1n) is 12.7. The van der Waals surface area contributed by atoms with Gasteiger partial charge in [0.15, 0.2) is 0 Å². The number of hydrogen-bond acceptors (Lipinski definition) is 11. The zero-order chi connectivity index (χ0) is 27.6. The number of carbonyl (C=O) groups excluding carboxylic acids is 4. The molecule has 11 heteroatoms. The number of carbonyl (C=O) groups is 4. The molecule has 9 unspecified atom stereocenters. The molecule has 206 valence electrons. The van der Waals surface area contributed by atoms with Crippen molar-refractivity contribution in [3.63, 3.8) is 0 Å². The third kappa shape index (κ3) is 4.07.